The molecule has 0 aliphatic carbocycles. The van der Waals surface area contributed by atoms with Crippen LogP contribution in [0.25, 0.3) is 11.5 Å². The molecule has 1 fully saturated rings. The van der Waals surface area contributed by atoms with Crippen LogP contribution in [0.2, 0.25) is 0 Å². The lowest BCUT2D eigenvalue weighted by atomic mass is 10.1. The summed E-state index contributed by atoms with van der Waals surface area (Å²) in [5.74, 6) is 3.27. The van der Waals surface area contributed by atoms with Gasteiger partial charge in [-0.25, -0.2) is 0 Å². The zero-order valence-electron chi connectivity index (χ0n) is 15.6. The summed E-state index contributed by atoms with van der Waals surface area (Å²) in [6.45, 7) is 5.55. The second kappa shape index (κ2) is 8.50. The molecule has 1 aromatic carbocycles. The highest BCUT2D eigenvalue weighted by Gasteiger charge is 2.20. The van der Waals surface area contributed by atoms with Gasteiger partial charge >= 0.3 is 0 Å². The average Bonchev–Trinajstić information content (AvgIpc) is 3.33. The van der Waals surface area contributed by atoms with Gasteiger partial charge in [0.05, 0.1) is 19.3 Å². The normalized spacial score (nSPS) is 16.0. The number of ether oxygens (including phenoxy) is 1. The summed E-state index contributed by atoms with van der Waals surface area (Å²) < 4.78 is 17.0. The molecule has 0 bridgehead atoms. The first kappa shape index (κ1) is 17.9. The molecule has 0 amide bonds. The molecule has 27 heavy (non-hydrogen) atoms. The first-order valence-electron chi connectivity index (χ1n) is 9.53. The maximum absolute atomic E-state index is 6.03. The van der Waals surface area contributed by atoms with Crippen LogP contribution >= 0.6 is 0 Å². The summed E-state index contributed by atoms with van der Waals surface area (Å²) in [5, 5.41) is 4.05. The Morgan fingerprint density at radius 1 is 1.11 bits per heavy atom. The number of aryl methyl sites for hydroxylation is 1. The van der Waals surface area contributed by atoms with Crippen LogP contribution in [0.1, 0.15) is 30.2 Å². The first-order chi connectivity index (χ1) is 13.3. The Hall–Kier alpha value is -2.44. The monoisotopic (exact) mass is 367 g/mol. The molecule has 6 heteroatoms. The zero-order valence-corrected chi connectivity index (χ0v) is 15.6. The van der Waals surface area contributed by atoms with Crippen LogP contribution in [0, 0.1) is 6.92 Å². The number of hydrogen-bond donors (Lipinski definition) is 0. The standard InChI is InChI=1S/C21H25N3O3/c1-16-7-8-19(26-16)15-24-12-9-18(10-13-24)25-14-11-20-22-21(27-23-20)17-5-3-2-4-6-17/h2-8,18H,9-15H2,1H3. The smallest absolute Gasteiger partial charge is 0.257 e. The van der Waals surface area contributed by atoms with Crippen LogP contribution in [-0.2, 0) is 17.7 Å². The molecule has 3 heterocycles. The van der Waals surface area contributed by atoms with Gasteiger partial charge in [-0.05, 0) is 44.0 Å². The van der Waals surface area contributed by atoms with Crippen molar-refractivity contribution in [2.45, 2.75) is 38.8 Å². The number of nitrogens with zero attached hydrogens (tertiary/aromatic N) is 3. The Kier molecular flexibility index (Phi) is 5.65. The molecule has 6 nitrogen and oxygen atoms in total. The van der Waals surface area contributed by atoms with E-state index in [0.29, 0.717) is 30.8 Å². The number of aromatic nitrogens is 2. The number of likely N-dealkylation sites (tertiary alicyclic amines) is 1. The molecule has 142 valence electrons. The fourth-order valence-corrected chi connectivity index (χ4v) is 3.39. The Morgan fingerprint density at radius 3 is 2.67 bits per heavy atom. The molecule has 0 spiro atoms. The molecule has 1 aliphatic rings. The van der Waals surface area contributed by atoms with Gasteiger partial charge in [-0.15, -0.1) is 0 Å². The van der Waals surface area contributed by atoms with Crippen LogP contribution in [0.5, 0.6) is 0 Å². The van der Waals surface area contributed by atoms with Crippen LogP contribution in [-0.4, -0.2) is 40.8 Å². The van der Waals surface area contributed by atoms with E-state index in [9.17, 15) is 0 Å². The number of rotatable bonds is 7. The molecule has 0 N–H and O–H groups in total. The first-order valence-corrected chi connectivity index (χ1v) is 9.53. The van der Waals surface area contributed by atoms with Gasteiger partial charge < -0.3 is 13.7 Å². The summed E-state index contributed by atoms with van der Waals surface area (Å²) >= 11 is 0. The van der Waals surface area contributed by atoms with Gasteiger partial charge in [0.25, 0.3) is 5.89 Å². The van der Waals surface area contributed by atoms with Crippen molar-refractivity contribution >= 4 is 0 Å². The lowest BCUT2D eigenvalue weighted by molar-refractivity contribution is 0.00552. The van der Waals surface area contributed by atoms with Crippen LogP contribution in [0.15, 0.2) is 51.4 Å². The van der Waals surface area contributed by atoms with E-state index in [4.69, 9.17) is 13.7 Å². The highest BCUT2D eigenvalue weighted by molar-refractivity contribution is 5.51. The maximum atomic E-state index is 6.03. The minimum Gasteiger partial charge on any atom is -0.465 e. The Labute approximate surface area is 159 Å². The predicted molar refractivity (Wildman–Crippen MR) is 101 cm³/mol. The molecule has 4 rings (SSSR count). The van der Waals surface area contributed by atoms with E-state index in [1.165, 1.54) is 0 Å². The summed E-state index contributed by atoms with van der Waals surface area (Å²) in [7, 11) is 0. The topological polar surface area (TPSA) is 64.5 Å². The Morgan fingerprint density at radius 2 is 1.93 bits per heavy atom. The van der Waals surface area contributed by atoms with Crippen molar-refractivity contribution < 1.29 is 13.7 Å². The van der Waals surface area contributed by atoms with E-state index in [2.05, 4.69) is 21.1 Å². The molecule has 1 saturated heterocycles. The van der Waals surface area contributed by atoms with Crippen molar-refractivity contribution in [3.8, 4) is 11.5 Å². The van der Waals surface area contributed by atoms with E-state index >= 15 is 0 Å². The largest absolute Gasteiger partial charge is 0.465 e. The summed E-state index contributed by atoms with van der Waals surface area (Å²) in [4.78, 5) is 6.87. The van der Waals surface area contributed by atoms with Crippen molar-refractivity contribution in [2.75, 3.05) is 19.7 Å². The highest BCUT2D eigenvalue weighted by atomic mass is 16.5. The minimum atomic E-state index is 0.306. The molecule has 0 radical (unpaired) electrons. The molecular weight excluding hydrogens is 342 g/mol. The second-order valence-electron chi connectivity index (χ2n) is 6.99. The van der Waals surface area contributed by atoms with Crippen LogP contribution < -0.4 is 0 Å². The van der Waals surface area contributed by atoms with Gasteiger partial charge in [-0.1, -0.05) is 23.4 Å². The fourth-order valence-electron chi connectivity index (χ4n) is 3.39. The number of hydrogen-bond acceptors (Lipinski definition) is 6. The highest BCUT2D eigenvalue weighted by Crippen LogP contribution is 2.19. The summed E-state index contributed by atoms with van der Waals surface area (Å²) in [6, 6.07) is 13.9. The van der Waals surface area contributed by atoms with Crippen molar-refractivity contribution in [3.63, 3.8) is 0 Å². The molecule has 0 unspecified atom stereocenters. The molecule has 0 saturated carbocycles. The number of piperidine rings is 1. The third-order valence-electron chi connectivity index (χ3n) is 4.88. The fraction of sp³-hybridized carbons (Fsp3) is 0.429. The Bertz CT molecular complexity index is 835. The lowest BCUT2D eigenvalue weighted by Crippen LogP contribution is -2.36. The van der Waals surface area contributed by atoms with E-state index in [1.807, 2.05) is 43.3 Å². The molecule has 2 aromatic heterocycles. The van der Waals surface area contributed by atoms with Crippen molar-refractivity contribution in [2.24, 2.45) is 0 Å². The lowest BCUT2D eigenvalue weighted by Gasteiger charge is -2.31. The number of furan rings is 1. The van der Waals surface area contributed by atoms with Gasteiger partial charge in [0.2, 0.25) is 0 Å². The van der Waals surface area contributed by atoms with Crippen LogP contribution in [0.4, 0.5) is 0 Å². The second-order valence-corrected chi connectivity index (χ2v) is 6.99. The third kappa shape index (κ3) is 4.84. The zero-order chi connectivity index (χ0) is 18.5. The SMILES string of the molecule is Cc1ccc(CN2CCC(OCCc3noc(-c4ccccc4)n3)CC2)o1. The number of benzene rings is 1. The van der Waals surface area contributed by atoms with E-state index in [0.717, 1.165) is 49.6 Å². The molecule has 0 atom stereocenters. The summed E-state index contributed by atoms with van der Waals surface area (Å²) in [6.07, 6.45) is 3.06. The van der Waals surface area contributed by atoms with Crippen molar-refractivity contribution in [3.05, 3.63) is 59.8 Å². The van der Waals surface area contributed by atoms with Crippen LogP contribution in [0.3, 0.4) is 0 Å². The minimum absolute atomic E-state index is 0.306. The third-order valence-corrected chi connectivity index (χ3v) is 4.88. The van der Waals surface area contributed by atoms with Gasteiger partial charge in [-0.3, -0.25) is 4.90 Å². The van der Waals surface area contributed by atoms with Gasteiger partial charge in [-0.2, -0.15) is 4.98 Å². The van der Waals surface area contributed by atoms with Gasteiger partial charge in [0, 0.05) is 25.1 Å². The van der Waals surface area contributed by atoms with E-state index in [-0.39, 0.29) is 0 Å². The van der Waals surface area contributed by atoms with Gasteiger partial charge in [0.15, 0.2) is 5.82 Å². The van der Waals surface area contributed by atoms with E-state index in [1.54, 1.807) is 0 Å². The Balaban J connectivity index is 1.18. The predicted octanol–water partition coefficient (Wildman–Crippen LogP) is 3.86. The van der Waals surface area contributed by atoms with Crippen molar-refractivity contribution in [1.29, 1.82) is 0 Å². The van der Waals surface area contributed by atoms with Gasteiger partial charge in [0.1, 0.15) is 11.5 Å². The maximum Gasteiger partial charge on any atom is 0.257 e. The quantitative estimate of drug-likeness (QED) is 0.632. The van der Waals surface area contributed by atoms with E-state index < -0.39 is 0 Å². The van der Waals surface area contributed by atoms with Crippen molar-refractivity contribution in [1.82, 2.24) is 15.0 Å². The summed E-state index contributed by atoms with van der Waals surface area (Å²) in [5.41, 5.74) is 0.941. The molecule has 1 aliphatic heterocycles. The average molecular weight is 367 g/mol. The molecule has 3 aromatic rings. The molecular formula is C21H25N3O3.